The lowest BCUT2D eigenvalue weighted by Crippen LogP contribution is -2.13. The first kappa shape index (κ1) is 18.9. The number of primary amides is 1. The molecule has 0 atom stereocenters. The highest BCUT2D eigenvalue weighted by molar-refractivity contribution is 7.17. The third-order valence-electron chi connectivity index (χ3n) is 4.14. The van der Waals surface area contributed by atoms with Gasteiger partial charge in [-0.3, -0.25) is 9.20 Å². The number of carbonyl (C=O) groups excluding carboxylic acids is 1. The zero-order valence-corrected chi connectivity index (χ0v) is 15.5. The minimum atomic E-state index is -4.52. The van der Waals surface area contributed by atoms with E-state index in [0.717, 1.165) is 17.4 Å². The number of hydrogen-bond acceptors (Lipinski definition) is 5. The molecule has 4 aromatic rings. The Balaban J connectivity index is 1.68. The third-order valence-corrected chi connectivity index (χ3v) is 5.22. The summed E-state index contributed by atoms with van der Waals surface area (Å²) in [5.41, 5.74) is 5.82. The molecule has 3 heterocycles. The van der Waals surface area contributed by atoms with Crippen LogP contribution in [0.2, 0.25) is 0 Å². The van der Waals surface area contributed by atoms with Crippen molar-refractivity contribution in [3.8, 4) is 16.6 Å². The molecule has 0 radical (unpaired) electrons. The molecular weight excluding hydrogens is 405 g/mol. The van der Waals surface area contributed by atoms with Crippen molar-refractivity contribution in [2.24, 2.45) is 5.73 Å². The molecule has 0 unspecified atom stereocenters. The number of halogens is 3. The Morgan fingerprint density at radius 1 is 1.17 bits per heavy atom. The van der Waals surface area contributed by atoms with Crippen molar-refractivity contribution in [3.05, 3.63) is 70.9 Å². The highest BCUT2D eigenvalue weighted by Gasteiger charge is 2.33. The van der Waals surface area contributed by atoms with Gasteiger partial charge in [-0.25, -0.2) is 4.98 Å². The van der Waals surface area contributed by atoms with E-state index >= 15 is 0 Å². The van der Waals surface area contributed by atoms with Gasteiger partial charge in [-0.1, -0.05) is 24.3 Å². The fraction of sp³-hybridized carbons (Fsp3) is 0.105. The lowest BCUT2D eigenvalue weighted by Gasteiger charge is -2.12. The van der Waals surface area contributed by atoms with E-state index < -0.39 is 24.3 Å². The molecular formula is C19H13F3N4O2S. The van der Waals surface area contributed by atoms with Crippen LogP contribution in [-0.2, 0) is 12.8 Å². The summed E-state index contributed by atoms with van der Waals surface area (Å²) in [5, 5.41) is 0.414. The van der Waals surface area contributed by atoms with Crippen LogP contribution in [0.25, 0.3) is 16.3 Å². The van der Waals surface area contributed by atoms with E-state index in [2.05, 4.69) is 9.97 Å². The Kier molecular flexibility index (Phi) is 4.71. The fourth-order valence-corrected chi connectivity index (χ4v) is 3.70. The number of aromatic nitrogens is 3. The van der Waals surface area contributed by atoms with Gasteiger partial charge in [-0.2, -0.15) is 18.2 Å². The van der Waals surface area contributed by atoms with Crippen LogP contribution in [0.1, 0.15) is 20.8 Å². The first-order valence-corrected chi connectivity index (χ1v) is 9.17. The van der Waals surface area contributed by atoms with Crippen LogP contribution < -0.4 is 10.5 Å². The first-order valence-electron chi connectivity index (χ1n) is 8.35. The number of benzene rings is 1. The van der Waals surface area contributed by atoms with Crippen molar-refractivity contribution in [3.63, 3.8) is 0 Å². The van der Waals surface area contributed by atoms with Crippen LogP contribution in [0.4, 0.5) is 13.2 Å². The predicted molar refractivity (Wildman–Crippen MR) is 101 cm³/mol. The summed E-state index contributed by atoms with van der Waals surface area (Å²) in [6, 6.07) is 10.5. The SMILES string of the molecule is NC(=O)c1sc(-c2cnc3ccccn23)nc1OCc1ccccc1C(F)(F)F. The summed E-state index contributed by atoms with van der Waals surface area (Å²) < 4.78 is 46.8. The molecule has 1 amide bonds. The van der Waals surface area contributed by atoms with Gasteiger partial charge in [0.2, 0.25) is 5.88 Å². The van der Waals surface area contributed by atoms with Crippen molar-refractivity contribution >= 4 is 22.9 Å². The van der Waals surface area contributed by atoms with Crippen LogP contribution >= 0.6 is 11.3 Å². The second kappa shape index (κ2) is 7.21. The van der Waals surface area contributed by atoms with Gasteiger partial charge in [0.15, 0.2) is 4.88 Å². The molecule has 0 spiro atoms. The molecule has 0 aliphatic rings. The van der Waals surface area contributed by atoms with Gasteiger partial charge in [-0.05, 0) is 18.2 Å². The molecule has 1 aromatic carbocycles. The molecule has 0 aliphatic carbocycles. The molecule has 2 N–H and O–H groups in total. The zero-order chi connectivity index (χ0) is 20.6. The highest BCUT2D eigenvalue weighted by Crippen LogP contribution is 2.35. The minimum Gasteiger partial charge on any atom is -0.472 e. The number of thiazole rings is 1. The van der Waals surface area contributed by atoms with E-state index in [1.807, 2.05) is 12.1 Å². The number of alkyl halides is 3. The molecule has 0 saturated carbocycles. The highest BCUT2D eigenvalue weighted by atomic mass is 32.1. The lowest BCUT2D eigenvalue weighted by atomic mass is 10.1. The largest absolute Gasteiger partial charge is 0.472 e. The normalized spacial score (nSPS) is 11.7. The van der Waals surface area contributed by atoms with Crippen LogP contribution in [0.5, 0.6) is 5.88 Å². The maximum atomic E-state index is 13.2. The number of amides is 1. The molecule has 4 rings (SSSR count). The van der Waals surface area contributed by atoms with Crippen LogP contribution in [0, 0.1) is 0 Å². The van der Waals surface area contributed by atoms with Crippen molar-refractivity contribution in [2.45, 2.75) is 12.8 Å². The summed E-state index contributed by atoms with van der Waals surface area (Å²) in [6.45, 7) is -0.410. The van der Waals surface area contributed by atoms with E-state index in [1.54, 1.807) is 22.9 Å². The van der Waals surface area contributed by atoms with Gasteiger partial charge in [0.1, 0.15) is 23.0 Å². The smallest absolute Gasteiger partial charge is 0.416 e. The molecule has 29 heavy (non-hydrogen) atoms. The fourth-order valence-electron chi connectivity index (χ4n) is 2.83. The predicted octanol–water partition coefficient (Wildman–Crippen LogP) is 4.15. The number of imidazole rings is 1. The third kappa shape index (κ3) is 3.66. The Bertz CT molecular complexity index is 1200. The second-order valence-electron chi connectivity index (χ2n) is 6.03. The Morgan fingerprint density at radius 3 is 2.69 bits per heavy atom. The summed E-state index contributed by atoms with van der Waals surface area (Å²) in [7, 11) is 0. The van der Waals surface area contributed by atoms with E-state index in [-0.39, 0.29) is 16.3 Å². The van der Waals surface area contributed by atoms with Gasteiger partial charge < -0.3 is 10.5 Å². The van der Waals surface area contributed by atoms with E-state index in [0.29, 0.717) is 16.3 Å². The van der Waals surface area contributed by atoms with Gasteiger partial charge >= 0.3 is 6.18 Å². The van der Waals surface area contributed by atoms with Gasteiger partial charge in [0.25, 0.3) is 5.91 Å². The topological polar surface area (TPSA) is 82.5 Å². The average molecular weight is 418 g/mol. The maximum Gasteiger partial charge on any atom is 0.416 e. The van der Waals surface area contributed by atoms with Crippen molar-refractivity contribution < 1.29 is 22.7 Å². The average Bonchev–Trinajstić information content (AvgIpc) is 3.30. The molecule has 0 aliphatic heterocycles. The van der Waals surface area contributed by atoms with E-state index in [4.69, 9.17) is 10.5 Å². The number of nitrogens with zero attached hydrogens (tertiary/aromatic N) is 3. The molecule has 0 bridgehead atoms. The van der Waals surface area contributed by atoms with E-state index in [1.165, 1.54) is 18.2 Å². The summed E-state index contributed by atoms with van der Waals surface area (Å²) in [4.78, 5) is 20.4. The van der Waals surface area contributed by atoms with Gasteiger partial charge in [0.05, 0.1) is 11.8 Å². The Morgan fingerprint density at radius 2 is 1.93 bits per heavy atom. The number of rotatable bonds is 5. The lowest BCUT2D eigenvalue weighted by molar-refractivity contribution is -0.138. The van der Waals surface area contributed by atoms with E-state index in [9.17, 15) is 18.0 Å². The van der Waals surface area contributed by atoms with Crippen LogP contribution in [0.3, 0.4) is 0 Å². The summed E-state index contributed by atoms with van der Waals surface area (Å²) in [5.74, 6) is -0.887. The number of fused-ring (bicyclic) bond motifs is 1. The van der Waals surface area contributed by atoms with Crippen LogP contribution in [0.15, 0.2) is 54.9 Å². The Labute approximate surface area is 166 Å². The van der Waals surface area contributed by atoms with Crippen LogP contribution in [-0.4, -0.2) is 20.3 Å². The zero-order valence-electron chi connectivity index (χ0n) is 14.7. The standard InChI is InChI=1S/C19H13F3N4O2S/c20-19(21,22)12-6-2-1-5-11(12)10-28-17-15(16(23)27)29-18(25-17)13-9-24-14-7-3-4-8-26(13)14/h1-9H,10H2,(H2,23,27). The molecule has 0 saturated heterocycles. The number of nitrogens with two attached hydrogens (primary N) is 1. The van der Waals surface area contributed by atoms with Crippen molar-refractivity contribution in [1.82, 2.24) is 14.4 Å². The molecule has 6 nitrogen and oxygen atoms in total. The molecule has 0 fully saturated rings. The monoisotopic (exact) mass is 418 g/mol. The summed E-state index contributed by atoms with van der Waals surface area (Å²) in [6.07, 6.45) is -1.15. The second-order valence-corrected chi connectivity index (χ2v) is 7.03. The molecule has 10 heteroatoms. The first-order chi connectivity index (χ1) is 13.8. The van der Waals surface area contributed by atoms with Gasteiger partial charge in [-0.15, -0.1) is 11.3 Å². The quantitative estimate of drug-likeness (QED) is 0.528. The molecule has 3 aromatic heterocycles. The summed E-state index contributed by atoms with van der Waals surface area (Å²) >= 11 is 0.991. The number of carbonyl (C=O) groups is 1. The maximum absolute atomic E-state index is 13.2. The van der Waals surface area contributed by atoms with Crippen molar-refractivity contribution in [1.29, 1.82) is 0 Å². The Hall–Kier alpha value is -3.40. The number of ether oxygens (including phenoxy) is 1. The molecule has 148 valence electrons. The van der Waals surface area contributed by atoms with Gasteiger partial charge in [0, 0.05) is 11.8 Å². The minimum absolute atomic E-state index is 0.0235. The number of pyridine rings is 1. The van der Waals surface area contributed by atoms with Crippen molar-refractivity contribution in [2.75, 3.05) is 0 Å². The number of hydrogen-bond donors (Lipinski definition) is 1.